The highest BCUT2D eigenvalue weighted by Gasteiger charge is 2.11. The molecule has 2 rings (SSSR count). The number of benzene rings is 2. The van der Waals surface area contributed by atoms with Gasteiger partial charge in [-0.25, -0.2) is 9.38 Å². The van der Waals surface area contributed by atoms with Crippen LogP contribution in [0.4, 0.5) is 4.39 Å². The molecule has 0 aliphatic carbocycles. The first-order chi connectivity index (χ1) is 13.6. The number of nitrogens with zero attached hydrogens (tertiary/aromatic N) is 1. The molecule has 2 aromatic carbocycles. The first kappa shape index (κ1) is 21.5. The van der Waals surface area contributed by atoms with Crippen molar-refractivity contribution in [3.8, 4) is 11.5 Å². The second-order valence-corrected chi connectivity index (χ2v) is 6.04. The monoisotopic (exact) mass is 389 g/mol. The van der Waals surface area contributed by atoms with E-state index in [2.05, 4.69) is 15.6 Å². The zero-order valence-electron chi connectivity index (χ0n) is 16.8. The van der Waals surface area contributed by atoms with Crippen molar-refractivity contribution in [1.29, 1.82) is 0 Å². The van der Waals surface area contributed by atoms with Crippen LogP contribution in [0.3, 0.4) is 0 Å². The Bertz CT molecular complexity index is 766. The third-order valence-corrected chi connectivity index (χ3v) is 4.19. The molecule has 2 N–H and O–H groups in total. The van der Waals surface area contributed by atoms with Gasteiger partial charge in [0, 0.05) is 20.2 Å². The van der Waals surface area contributed by atoms with Gasteiger partial charge in [0.25, 0.3) is 0 Å². The van der Waals surface area contributed by atoms with E-state index in [9.17, 15) is 4.39 Å². The van der Waals surface area contributed by atoms with Crippen molar-refractivity contribution in [3.05, 3.63) is 59.4 Å². The summed E-state index contributed by atoms with van der Waals surface area (Å²) in [5.41, 5.74) is 1.89. The van der Waals surface area contributed by atoms with Gasteiger partial charge in [-0.3, -0.25) is 0 Å². The summed E-state index contributed by atoms with van der Waals surface area (Å²) in [7, 11) is 4.84. The highest BCUT2D eigenvalue weighted by atomic mass is 19.1. The van der Waals surface area contributed by atoms with Gasteiger partial charge in [0.15, 0.2) is 17.5 Å². The summed E-state index contributed by atoms with van der Waals surface area (Å²) in [5, 5.41) is 6.48. The number of halogens is 1. The number of rotatable bonds is 9. The maximum absolute atomic E-state index is 13.1. The lowest BCUT2D eigenvalue weighted by atomic mass is 10.1. The zero-order chi connectivity index (χ0) is 20.4. The summed E-state index contributed by atoms with van der Waals surface area (Å²) in [5.74, 6) is 1.75. The van der Waals surface area contributed by atoms with Gasteiger partial charge in [-0.15, -0.1) is 0 Å². The summed E-state index contributed by atoms with van der Waals surface area (Å²) < 4.78 is 29.2. The second kappa shape index (κ2) is 11.1. The van der Waals surface area contributed by atoms with E-state index in [0.717, 1.165) is 17.7 Å². The maximum Gasteiger partial charge on any atom is 0.191 e. The predicted octanol–water partition coefficient (Wildman–Crippen LogP) is 3.29. The van der Waals surface area contributed by atoms with E-state index >= 15 is 0 Å². The largest absolute Gasteiger partial charge is 0.493 e. The summed E-state index contributed by atoms with van der Waals surface area (Å²) in [4.78, 5) is 4.61. The maximum atomic E-state index is 13.1. The van der Waals surface area contributed by atoms with Crippen molar-refractivity contribution >= 4 is 5.96 Å². The third kappa shape index (κ3) is 6.13. The lowest BCUT2D eigenvalue weighted by Gasteiger charge is -2.19. The molecule has 0 radical (unpaired) electrons. The third-order valence-electron chi connectivity index (χ3n) is 4.19. The van der Waals surface area contributed by atoms with Crippen LogP contribution >= 0.6 is 0 Å². The van der Waals surface area contributed by atoms with Crippen LogP contribution in [-0.2, 0) is 11.3 Å². The Balaban J connectivity index is 2.04. The van der Waals surface area contributed by atoms with Crippen molar-refractivity contribution in [2.75, 3.05) is 34.4 Å². The predicted molar refractivity (Wildman–Crippen MR) is 109 cm³/mol. The fourth-order valence-electron chi connectivity index (χ4n) is 2.70. The number of nitrogens with one attached hydrogen (secondary N) is 2. The minimum absolute atomic E-state index is 0.217. The van der Waals surface area contributed by atoms with Crippen molar-refractivity contribution in [1.82, 2.24) is 10.6 Å². The van der Waals surface area contributed by atoms with E-state index < -0.39 is 0 Å². The summed E-state index contributed by atoms with van der Waals surface area (Å²) >= 11 is 0. The van der Waals surface area contributed by atoms with Gasteiger partial charge in [-0.2, -0.15) is 0 Å². The highest BCUT2D eigenvalue weighted by molar-refractivity contribution is 5.79. The standard InChI is InChI=1S/C21H28FN3O3/c1-5-23-21(24-13-15-6-11-18(26-2)19(12-15)27-3)25-14-20(28-4)16-7-9-17(22)10-8-16/h6-12,20H,5,13-14H2,1-4H3,(H2,23,24,25). The first-order valence-corrected chi connectivity index (χ1v) is 9.12. The molecule has 1 unspecified atom stereocenters. The van der Waals surface area contributed by atoms with Crippen LogP contribution < -0.4 is 20.1 Å². The molecule has 0 saturated heterocycles. The van der Waals surface area contributed by atoms with Crippen LogP contribution in [0.15, 0.2) is 47.5 Å². The smallest absolute Gasteiger partial charge is 0.191 e. The van der Waals surface area contributed by atoms with Crippen LogP contribution in [0, 0.1) is 5.82 Å². The lowest BCUT2D eigenvalue weighted by Crippen LogP contribution is -2.39. The molecule has 0 amide bonds. The molecule has 0 bridgehead atoms. The van der Waals surface area contributed by atoms with Crippen LogP contribution in [-0.4, -0.2) is 40.4 Å². The number of ether oxygens (including phenoxy) is 3. The summed E-state index contributed by atoms with van der Waals surface area (Å²) in [6, 6.07) is 12.0. The van der Waals surface area contributed by atoms with E-state index in [0.29, 0.717) is 30.5 Å². The molecular formula is C21H28FN3O3. The Morgan fingerprint density at radius 3 is 2.32 bits per heavy atom. The fraction of sp³-hybridized carbons (Fsp3) is 0.381. The normalized spacial score (nSPS) is 12.4. The topological polar surface area (TPSA) is 64.1 Å². The van der Waals surface area contributed by atoms with Crippen LogP contribution in [0.25, 0.3) is 0 Å². The molecule has 7 heteroatoms. The number of aliphatic imine (C=N–C) groups is 1. The Hall–Kier alpha value is -2.80. The Kier molecular flexibility index (Phi) is 8.55. The molecule has 0 saturated carbocycles. The molecule has 1 atom stereocenters. The number of hydrogen-bond donors (Lipinski definition) is 2. The molecule has 0 aliphatic rings. The van der Waals surface area contributed by atoms with Gasteiger partial charge in [0.05, 0.1) is 26.9 Å². The van der Waals surface area contributed by atoms with Crippen molar-refractivity contribution < 1.29 is 18.6 Å². The van der Waals surface area contributed by atoms with E-state index in [1.807, 2.05) is 25.1 Å². The lowest BCUT2D eigenvalue weighted by molar-refractivity contribution is 0.106. The molecule has 0 fully saturated rings. The highest BCUT2D eigenvalue weighted by Crippen LogP contribution is 2.27. The second-order valence-electron chi connectivity index (χ2n) is 6.04. The summed E-state index contributed by atoms with van der Waals surface area (Å²) in [6.45, 7) is 3.71. The Morgan fingerprint density at radius 2 is 1.71 bits per heavy atom. The van der Waals surface area contributed by atoms with Crippen LogP contribution in [0.2, 0.25) is 0 Å². The molecule has 6 nitrogen and oxygen atoms in total. The van der Waals surface area contributed by atoms with Crippen molar-refractivity contribution in [2.24, 2.45) is 4.99 Å². The summed E-state index contributed by atoms with van der Waals surface area (Å²) in [6.07, 6.45) is -0.217. The van der Waals surface area contributed by atoms with Gasteiger partial charge < -0.3 is 24.8 Å². The molecule has 0 aromatic heterocycles. The Labute approximate surface area is 165 Å². The number of methoxy groups -OCH3 is 3. The van der Waals surface area contributed by atoms with Crippen LogP contribution in [0.1, 0.15) is 24.2 Å². The molecular weight excluding hydrogens is 361 g/mol. The molecule has 152 valence electrons. The van der Waals surface area contributed by atoms with Crippen LogP contribution in [0.5, 0.6) is 11.5 Å². The van der Waals surface area contributed by atoms with Gasteiger partial charge in [-0.1, -0.05) is 18.2 Å². The average Bonchev–Trinajstić information content (AvgIpc) is 2.73. The van der Waals surface area contributed by atoms with E-state index in [4.69, 9.17) is 14.2 Å². The van der Waals surface area contributed by atoms with Gasteiger partial charge >= 0.3 is 0 Å². The molecule has 28 heavy (non-hydrogen) atoms. The van der Waals surface area contributed by atoms with E-state index in [-0.39, 0.29) is 11.9 Å². The minimum Gasteiger partial charge on any atom is -0.493 e. The number of guanidine groups is 1. The fourth-order valence-corrected chi connectivity index (χ4v) is 2.70. The van der Waals surface area contributed by atoms with Crippen molar-refractivity contribution in [2.45, 2.75) is 19.6 Å². The van der Waals surface area contributed by atoms with E-state index in [1.54, 1.807) is 33.5 Å². The van der Waals surface area contributed by atoms with Gasteiger partial charge in [0.2, 0.25) is 0 Å². The molecule has 2 aromatic rings. The van der Waals surface area contributed by atoms with Gasteiger partial charge in [-0.05, 0) is 42.3 Å². The average molecular weight is 389 g/mol. The number of hydrogen-bond acceptors (Lipinski definition) is 4. The SMILES string of the molecule is CCNC(=NCc1ccc(OC)c(OC)c1)NCC(OC)c1ccc(F)cc1. The molecule has 0 aliphatic heterocycles. The first-order valence-electron chi connectivity index (χ1n) is 9.12. The van der Waals surface area contributed by atoms with Crippen molar-refractivity contribution in [3.63, 3.8) is 0 Å². The molecule has 0 heterocycles. The Morgan fingerprint density at radius 1 is 1.00 bits per heavy atom. The minimum atomic E-state index is -0.267. The van der Waals surface area contributed by atoms with Gasteiger partial charge in [0.1, 0.15) is 5.82 Å². The zero-order valence-corrected chi connectivity index (χ0v) is 16.8. The van der Waals surface area contributed by atoms with E-state index in [1.165, 1.54) is 12.1 Å². The molecule has 0 spiro atoms. The quantitative estimate of drug-likeness (QED) is 0.509.